The molecule has 3 nitrogen and oxygen atoms in total. The zero-order chi connectivity index (χ0) is 15.8. The molecule has 6 heteroatoms. The van der Waals surface area contributed by atoms with Gasteiger partial charge in [-0.05, 0) is 18.6 Å². The monoisotopic (exact) mass is 301 g/mol. The highest BCUT2D eigenvalue weighted by Gasteiger charge is 2.40. The van der Waals surface area contributed by atoms with E-state index >= 15 is 0 Å². The predicted molar refractivity (Wildman–Crippen MR) is 71.5 cm³/mol. The number of carbonyl (C=O) groups excluding carboxylic acids is 1. The molecule has 21 heavy (non-hydrogen) atoms. The normalized spacial score (nSPS) is 26.2. The van der Waals surface area contributed by atoms with Gasteiger partial charge in [-0.2, -0.15) is 13.2 Å². The van der Waals surface area contributed by atoms with Crippen molar-refractivity contribution < 1.29 is 23.1 Å². The SMILES string of the molecule is C[C@H]1CN(C(=O)Cc2cccc(C(F)(F)F)c2)C[C@@]1(C)O. The maximum absolute atomic E-state index is 12.6. The van der Waals surface area contributed by atoms with Gasteiger partial charge in [0.2, 0.25) is 5.91 Å². The second kappa shape index (κ2) is 5.33. The third-order valence-corrected chi connectivity index (χ3v) is 4.03. The van der Waals surface area contributed by atoms with E-state index in [9.17, 15) is 23.1 Å². The minimum atomic E-state index is -4.41. The molecule has 1 fully saturated rings. The third kappa shape index (κ3) is 3.56. The standard InChI is InChI=1S/C15H18F3NO2/c1-10-8-19(9-14(10,2)21)13(20)7-11-4-3-5-12(6-11)15(16,17)18/h3-6,10,21H,7-9H2,1-2H3/t10-,14+/m0/s1. The molecule has 1 N–H and O–H groups in total. The summed E-state index contributed by atoms with van der Waals surface area (Å²) in [5, 5.41) is 10.1. The fraction of sp³-hybridized carbons (Fsp3) is 0.533. The van der Waals surface area contributed by atoms with E-state index in [2.05, 4.69) is 0 Å². The molecule has 0 radical (unpaired) electrons. The molecule has 0 bridgehead atoms. The summed E-state index contributed by atoms with van der Waals surface area (Å²) in [6.07, 6.45) is -4.50. The Balaban J connectivity index is 2.07. The fourth-order valence-corrected chi connectivity index (χ4v) is 2.47. The molecule has 0 aliphatic carbocycles. The Morgan fingerprint density at radius 1 is 1.48 bits per heavy atom. The molecule has 1 heterocycles. The smallest absolute Gasteiger partial charge is 0.388 e. The number of β-amino-alcohol motifs (C(OH)–C–C–N with tert-alkyl or cyclic N) is 1. The van der Waals surface area contributed by atoms with Crippen LogP contribution in [0.1, 0.15) is 25.0 Å². The molecule has 1 saturated heterocycles. The summed E-state index contributed by atoms with van der Waals surface area (Å²) >= 11 is 0. The highest BCUT2D eigenvalue weighted by Crippen LogP contribution is 2.30. The third-order valence-electron chi connectivity index (χ3n) is 4.03. The minimum absolute atomic E-state index is 0.0528. The predicted octanol–water partition coefficient (Wildman–Crippen LogP) is 2.48. The van der Waals surface area contributed by atoms with Crippen molar-refractivity contribution in [3.8, 4) is 0 Å². The first-order valence-electron chi connectivity index (χ1n) is 6.76. The van der Waals surface area contributed by atoms with Gasteiger partial charge in [0.25, 0.3) is 0 Å². The van der Waals surface area contributed by atoms with Gasteiger partial charge in [0.05, 0.1) is 17.6 Å². The van der Waals surface area contributed by atoms with E-state index in [1.807, 2.05) is 6.92 Å². The van der Waals surface area contributed by atoms with Crippen LogP contribution in [0.3, 0.4) is 0 Å². The molecule has 0 aromatic heterocycles. The number of alkyl halides is 3. The van der Waals surface area contributed by atoms with Crippen LogP contribution in [0.2, 0.25) is 0 Å². The second-order valence-corrected chi connectivity index (χ2v) is 5.91. The van der Waals surface area contributed by atoms with Crippen LogP contribution in [0.15, 0.2) is 24.3 Å². The van der Waals surface area contributed by atoms with Crippen LogP contribution >= 0.6 is 0 Å². The molecule has 0 spiro atoms. The van der Waals surface area contributed by atoms with Crippen LogP contribution in [0, 0.1) is 5.92 Å². The summed E-state index contributed by atoms with van der Waals surface area (Å²) in [7, 11) is 0. The number of aliphatic hydroxyl groups is 1. The van der Waals surface area contributed by atoms with Gasteiger partial charge in [-0.15, -0.1) is 0 Å². The number of benzene rings is 1. The highest BCUT2D eigenvalue weighted by molar-refractivity contribution is 5.79. The minimum Gasteiger partial charge on any atom is -0.388 e. The van der Waals surface area contributed by atoms with Crippen LogP contribution in [0.5, 0.6) is 0 Å². The van der Waals surface area contributed by atoms with E-state index in [-0.39, 0.29) is 24.8 Å². The Morgan fingerprint density at radius 2 is 2.14 bits per heavy atom. The Kier molecular flexibility index (Phi) is 4.02. The largest absolute Gasteiger partial charge is 0.416 e. The first-order valence-corrected chi connectivity index (χ1v) is 6.76. The van der Waals surface area contributed by atoms with Gasteiger partial charge >= 0.3 is 6.18 Å². The van der Waals surface area contributed by atoms with Crippen LogP contribution in [-0.4, -0.2) is 34.6 Å². The van der Waals surface area contributed by atoms with E-state index in [1.54, 1.807) is 6.92 Å². The van der Waals surface area contributed by atoms with Gasteiger partial charge in [-0.1, -0.05) is 25.1 Å². The van der Waals surface area contributed by atoms with Crippen LogP contribution in [0.4, 0.5) is 13.2 Å². The van der Waals surface area contributed by atoms with E-state index in [4.69, 9.17) is 0 Å². The van der Waals surface area contributed by atoms with Crippen LogP contribution in [-0.2, 0) is 17.4 Å². The van der Waals surface area contributed by atoms with Crippen molar-refractivity contribution in [3.63, 3.8) is 0 Å². The number of carbonyl (C=O) groups is 1. The molecule has 2 rings (SSSR count). The Labute approximate surface area is 121 Å². The van der Waals surface area contributed by atoms with Gasteiger partial charge < -0.3 is 10.0 Å². The summed E-state index contributed by atoms with van der Waals surface area (Å²) in [6.45, 7) is 4.14. The van der Waals surface area contributed by atoms with Gasteiger partial charge in [0.15, 0.2) is 0 Å². The molecule has 1 aliphatic heterocycles. The maximum Gasteiger partial charge on any atom is 0.416 e. The maximum atomic E-state index is 12.6. The zero-order valence-electron chi connectivity index (χ0n) is 11.9. The number of amides is 1. The van der Waals surface area contributed by atoms with Crippen molar-refractivity contribution in [3.05, 3.63) is 35.4 Å². The lowest BCUT2D eigenvalue weighted by atomic mass is 9.95. The average Bonchev–Trinajstić information content (AvgIpc) is 2.63. The Hall–Kier alpha value is -1.56. The lowest BCUT2D eigenvalue weighted by Gasteiger charge is -2.20. The molecular formula is C15H18F3NO2. The fourth-order valence-electron chi connectivity index (χ4n) is 2.47. The van der Waals surface area contributed by atoms with Crippen LogP contribution in [0.25, 0.3) is 0 Å². The van der Waals surface area contributed by atoms with Crippen molar-refractivity contribution in [2.75, 3.05) is 13.1 Å². The number of hydrogen-bond acceptors (Lipinski definition) is 2. The molecule has 0 saturated carbocycles. The first kappa shape index (κ1) is 15.8. The molecule has 0 unspecified atom stereocenters. The van der Waals surface area contributed by atoms with Gasteiger partial charge in [0.1, 0.15) is 0 Å². The van der Waals surface area contributed by atoms with E-state index in [0.717, 1.165) is 12.1 Å². The Bertz CT molecular complexity index is 540. The Morgan fingerprint density at radius 3 is 2.67 bits per heavy atom. The van der Waals surface area contributed by atoms with E-state index < -0.39 is 17.3 Å². The number of likely N-dealkylation sites (tertiary alicyclic amines) is 1. The topological polar surface area (TPSA) is 40.5 Å². The van der Waals surface area contributed by atoms with Crippen molar-refractivity contribution in [2.24, 2.45) is 5.92 Å². The lowest BCUT2D eigenvalue weighted by Crippen LogP contribution is -2.35. The second-order valence-electron chi connectivity index (χ2n) is 5.91. The van der Waals surface area contributed by atoms with Gasteiger partial charge in [0, 0.05) is 19.0 Å². The average molecular weight is 301 g/mol. The molecule has 1 aromatic rings. The lowest BCUT2D eigenvalue weighted by molar-refractivity contribution is -0.138. The van der Waals surface area contributed by atoms with Crippen molar-refractivity contribution >= 4 is 5.91 Å². The molecular weight excluding hydrogens is 283 g/mol. The quantitative estimate of drug-likeness (QED) is 0.911. The van der Waals surface area contributed by atoms with Gasteiger partial charge in [-0.25, -0.2) is 0 Å². The summed E-state index contributed by atoms with van der Waals surface area (Å²) in [5.74, 6) is -0.318. The van der Waals surface area contributed by atoms with Crippen LogP contribution < -0.4 is 0 Å². The zero-order valence-corrected chi connectivity index (χ0v) is 11.9. The summed E-state index contributed by atoms with van der Waals surface area (Å²) in [6, 6.07) is 4.78. The molecule has 1 aliphatic rings. The van der Waals surface area contributed by atoms with E-state index in [1.165, 1.54) is 17.0 Å². The molecule has 1 amide bonds. The summed E-state index contributed by atoms with van der Waals surface area (Å²) < 4.78 is 37.9. The number of nitrogens with zero attached hydrogens (tertiary/aromatic N) is 1. The molecule has 2 atom stereocenters. The van der Waals surface area contributed by atoms with Gasteiger partial charge in [-0.3, -0.25) is 4.79 Å². The number of rotatable bonds is 2. The number of halogens is 3. The molecule has 1 aromatic carbocycles. The van der Waals surface area contributed by atoms with Crippen molar-refractivity contribution in [2.45, 2.75) is 32.0 Å². The summed E-state index contributed by atoms with van der Waals surface area (Å²) in [5.41, 5.74) is -1.37. The summed E-state index contributed by atoms with van der Waals surface area (Å²) in [4.78, 5) is 13.6. The number of hydrogen-bond donors (Lipinski definition) is 1. The first-order chi connectivity index (χ1) is 9.59. The molecule has 116 valence electrons. The van der Waals surface area contributed by atoms with Crippen molar-refractivity contribution in [1.82, 2.24) is 4.90 Å². The van der Waals surface area contributed by atoms with E-state index in [0.29, 0.717) is 12.1 Å². The van der Waals surface area contributed by atoms with Crippen molar-refractivity contribution in [1.29, 1.82) is 0 Å². The highest BCUT2D eigenvalue weighted by atomic mass is 19.4.